The lowest BCUT2D eigenvalue weighted by Crippen LogP contribution is -2.37. The third kappa shape index (κ3) is 5.96. The number of carbonyl (C=O) groups excluding carboxylic acids is 2. The Labute approximate surface area is 207 Å². The summed E-state index contributed by atoms with van der Waals surface area (Å²) in [5.74, 6) is -0.00125. The minimum absolute atomic E-state index is 0.0948. The van der Waals surface area contributed by atoms with Gasteiger partial charge in [-0.25, -0.2) is 9.48 Å². The van der Waals surface area contributed by atoms with Gasteiger partial charge in [-0.05, 0) is 48.5 Å². The van der Waals surface area contributed by atoms with E-state index in [1.54, 1.807) is 6.07 Å². The molecule has 37 heavy (non-hydrogen) atoms. The van der Waals surface area contributed by atoms with Crippen molar-refractivity contribution in [2.24, 2.45) is 0 Å². The van der Waals surface area contributed by atoms with Crippen molar-refractivity contribution in [1.82, 2.24) is 15.1 Å². The summed E-state index contributed by atoms with van der Waals surface area (Å²) in [5, 5.41) is 23.1. The van der Waals surface area contributed by atoms with Crippen LogP contribution in [0, 0.1) is 5.21 Å². The number of aromatic nitrogens is 3. The zero-order valence-corrected chi connectivity index (χ0v) is 19.1. The second-order valence-corrected chi connectivity index (χ2v) is 7.54. The van der Waals surface area contributed by atoms with E-state index in [1.165, 1.54) is 66.6 Å². The van der Waals surface area contributed by atoms with Crippen LogP contribution in [0.15, 0.2) is 79.3 Å². The van der Waals surface area contributed by atoms with Crippen LogP contribution in [-0.4, -0.2) is 28.8 Å². The predicted octanol–water partition coefficient (Wildman–Crippen LogP) is 4.32. The van der Waals surface area contributed by atoms with Gasteiger partial charge in [-0.15, -0.1) is 0 Å². The predicted molar refractivity (Wildman–Crippen MR) is 127 cm³/mol. The Hall–Kier alpha value is -5.07. The van der Waals surface area contributed by atoms with Crippen molar-refractivity contribution in [2.75, 3.05) is 17.7 Å². The quantitative estimate of drug-likeness (QED) is 0.262. The second-order valence-electron chi connectivity index (χ2n) is 7.54. The summed E-state index contributed by atoms with van der Waals surface area (Å²) in [5.41, 5.74) is -0.603. The molecule has 0 unspecified atom stereocenters. The summed E-state index contributed by atoms with van der Waals surface area (Å²) < 4.78 is 47.0. The van der Waals surface area contributed by atoms with Crippen molar-refractivity contribution in [3.8, 4) is 17.2 Å². The maximum Gasteiger partial charge on any atom is 0.416 e. The molecule has 0 radical (unpaired) electrons. The Morgan fingerprint density at radius 3 is 2.43 bits per heavy atom. The van der Waals surface area contributed by atoms with Gasteiger partial charge in [0.1, 0.15) is 11.5 Å². The van der Waals surface area contributed by atoms with E-state index < -0.39 is 23.7 Å². The number of halogens is 3. The lowest BCUT2D eigenvalue weighted by molar-refractivity contribution is -0.607. The monoisotopic (exact) mass is 512 g/mol. The van der Waals surface area contributed by atoms with Crippen LogP contribution in [0.4, 0.5) is 29.3 Å². The Kier molecular flexibility index (Phi) is 6.95. The van der Waals surface area contributed by atoms with Crippen LogP contribution < -0.4 is 25.4 Å². The molecule has 10 nitrogen and oxygen atoms in total. The molecule has 2 heterocycles. The van der Waals surface area contributed by atoms with E-state index in [9.17, 15) is 28.0 Å². The van der Waals surface area contributed by atoms with Gasteiger partial charge < -0.3 is 25.9 Å². The number of amides is 3. The molecule has 4 aromatic rings. The molecule has 0 aliphatic heterocycles. The third-order valence-corrected chi connectivity index (χ3v) is 5.02. The fourth-order valence-electron chi connectivity index (χ4n) is 3.28. The number of nitrogens with one attached hydrogen (secondary N) is 3. The number of carbonyl (C=O) groups is 2. The first-order valence-corrected chi connectivity index (χ1v) is 10.7. The molecule has 0 bridgehead atoms. The zero-order valence-electron chi connectivity index (χ0n) is 19.1. The topological polar surface area (TPSA) is 124 Å². The molecule has 3 amide bonds. The van der Waals surface area contributed by atoms with Crippen LogP contribution in [0.2, 0.25) is 0 Å². The van der Waals surface area contributed by atoms with Gasteiger partial charge in [0.2, 0.25) is 0 Å². The largest absolute Gasteiger partial charge is 0.618 e. The highest BCUT2D eigenvalue weighted by molar-refractivity contribution is 6.01. The van der Waals surface area contributed by atoms with E-state index in [1.807, 2.05) is 0 Å². The van der Waals surface area contributed by atoms with Crippen LogP contribution in [-0.2, 0) is 6.18 Å². The van der Waals surface area contributed by atoms with Gasteiger partial charge in [-0.3, -0.25) is 4.79 Å². The van der Waals surface area contributed by atoms with Crippen LogP contribution in [0.3, 0.4) is 0 Å². The molecule has 190 valence electrons. The number of alkyl halides is 3. The minimum atomic E-state index is -4.60. The van der Waals surface area contributed by atoms with E-state index >= 15 is 0 Å². The molecule has 3 N–H and O–H groups in total. The highest BCUT2D eigenvalue weighted by Crippen LogP contribution is 2.33. The van der Waals surface area contributed by atoms with E-state index in [4.69, 9.17) is 4.74 Å². The molecule has 2 aromatic heterocycles. The van der Waals surface area contributed by atoms with Crippen molar-refractivity contribution in [3.63, 3.8) is 0 Å². The van der Waals surface area contributed by atoms with Gasteiger partial charge in [0.25, 0.3) is 5.69 Å². The van der Waals surface area contributed by atoms with Gasteiger partial charge in [0.15, 0.2) is 6.20 Å². The molecule has 0 saturated heterocycles. The van der Waals surface area contributed by atoms with E-state index in [0.29, 0.717) is 16.2 Å². The molecule has 0 spiro atoms. The summed E-state index contributed by atoms with van der Waals surface area (Å²) in [6.45, 7) is 0. The fourth-order valence-corrected chi connectivity index (χ4v) is 3.28. The Balaban J connectivity index is 1.47. The Morgan fingerprint density at radius 1 is 1.03 bits per heavy atom. The average molecular weight is 512 g/mol. The molecular weight excluding hydrogens is 493 g/mol. The van der Waals surface area contributed by atoms with Gasteiger partial charge in [-0.2, -0.15) is 23.0 Å². The molecular formula is C24H19F3N6O4. The number of nitrogens with zero attached hydrogens (tertiary/aromatic N) is 3. The summed E-state index contributed by atoms with van der Waals surface area (Å²) in [4.78, 5) is 24.3. The highest BCUT2D eigenvalue weighted by Gasteiger charge is 2.31. The normalized spacial score (nSPS) is 11.0. The molecule has 0 fully saturated rings. The van der Waals surface area contributed by atoms with Crippen LogP contribution in [0.25, 0.3) is 5.69 Å². The maximum absolute atomic E-state index is 13.2. The summed E-state index contributed by atoms with van der Waals surface area (Å²) in [6.07, 6.45) is -0.478. The van der Waals surface area contributed by atoms with Crippen molar-refractivity contribution in [2.45, 2.75) is 6.18 Å². The second kappa shape index (κ2) is 10.3. The third-order valence-electron chi connectivity index (χ3n) is 5.02. The zero-order chi connectivity index (χ0) is 26.6. The molecule has 0 saturated carbocycles. The van der Waals surface area contributed by atoms with E-state index in [0.717, 1.165) is 18.3 Å². The number of benzene rings is 2. The number of anilines is 2. The summed E-state index contributed by atoms with van der Waals surface area (Å²) in [7, 11) is 1.39. The SMILES string of the molecule is CNC(=O)c1cc(Oc2ccc(NC(=O)Nc3cc(C(F)(F)F)ccc3-n3cccn3)cc2)cc[n+]1[O-]. The van der Waals surface area contributed by atoms with Crippen LogP contribution >= 0.6 is 0 Å². The van der Waals surface area contributed by atoms with Gasteiger partial charge in [0, 0.05) is 31.2 Å². The van der Waals surface area contributed by atoms with E-state index in [-0.39, 0.29) is 22.8 Å². The van der Waals surface area contributed by atoms with Gasteiger partial charge in [-0.1, -0.05) is 0 Å². The average Bonchev–Trinajstić information content (AvgIpc) is 3.40. The van der Waals surface area contributed by atoms with Crippen molar-refractivity contribution >= 4 is 23.3 Å². The molecule has 4 rings (SSSR count). The molecule has 0 aliphatic rings. The first-order chi connectivity index (χ1) is 17.6. The van der Waals surface area contributed by atoms with Crippen molar-refractivity contribution in [3.05, 3.63) is 95.7 Å². The number of pyridine rings is 1. The van der Waals surface area contributed by atoms with Crippen LogP contribution in [0.5, 0.6) is 11.5 Å². The fraction of sp³-hybridized carbons (Fsp3) is 0.0833. The van der Waals surface area contributed by atoms with E-state index in [2.05, 4.69) is 21.0 Å². The summed E-state index contributed by atoms with van der Waals surface area (Å²) in [6, 6.07) is 12.5. The van der Waals surface area contributed by atoms with Crippen molar-refractivity contribution < 1.29 is 32.2 Å². The lowest BCUT2D eigenvalue weighted by Gasteiger charge is -2.15. The number of hydrogen-bond donors (Lipinski definition) is 3. The number of hydrogen-bond acceptors (Lipinski definition) is 5. The molecule has 2 aromatic carbocycles. The Bertz CT molecular complexity index is 1420. The molecule has 0 atom stereocenters. The summed E-state index contributed by atoms with van der Waals surface area (Å²) >= 11 is 0. The molecule has 13 heteroatoms. The van der Waals surface area contributed by atoms with Crippen molar-refractivity contribution in [1.29, 1.82) is 0 Å². The maximum atomic E-state index is 13.2. The lowest BCUT2D eigenvalue weighted by atomic mass is 10.1. The first kappa shape index (κ1) is 25.0. The number of rotatable bonds is 6. The highest BCUT2D eigenvalue weighted by atomic mass is 19.4. The number of urea groups is 1. The standard InChI is InChI=1S/C24H19F3N6O4/c1-28-22(34)21-14-18(9-12-33(21)36)37-17-6-4-16(5-7-17)30-23(35)31-19-13-15(24(25,26)27)3-8-20(19)32-11-2-10-29-32/h2-14H,1H3,(H,28,34)(H2,30,31,35). The Morgan fingerprint density at radius 2 is 1.78 bits per heavy atom. The van der Waals surface area contributed by atoms with Gasteiger partial charge >= 0.3 is 18.1 Å². The van der Waals surface area contributed by atoms with Gasteiger partial charge in [0.05, 0.1) is 23.0 Å². The smallest absolute Gasteiger partial charge is 0.416 e. The first-order valence-electron chi connectivity index (χ1n) is 10.7. The van der Waals surface area contributed by atoms with Crippen LogP contribution in [0.1, 0.15) is 16.1 Å². The number of ether oxygens (including phenoxy) is 1. The molecule has 0 aliphatic carbocycles. The minimum Gasteiger partial charge on any atom is -0.618 e.